The first-order valence-corrected chi connectivity index (χ1v) is 9.95. The van der Waals surface area contributed by atoms with Gasteiger partial charge in [0.25, 0.3) is 0 Å². The van der Waals surface area contributed by atoms with Gasteiger partial charge >= 0.3 is 0 Å². The fourth-order valence-electron chi connectivity index (χ4n) is 2.59. The zero-order chi connectivity index (χ0) is 19.9. The van der Waals surface area contributed by atoms with Gasteiger partial charge in [0, 0.05) is 12.1 Å². The van der Waals surface area contributed by atoms with Gasteiger partial charge in [-0.15, -0.1) is 5.10 Å². The number of anilines is 1. The van der Waals surface area contributed by atoms with Crippen molar-refractivity contribution in [2.75, 3.05) is 5.32 Å². The standard InChI is InChI=1S/C21H22N4O2S/c1-3-15-8-10-17(11-9-15)23-19(26)12-18-20(27)24-21(28-18)25-22-13-16-6-4-14(2)5-7-16/h4-11,13,18H,3,12H2,1-2H3,(H,23,26)(H,24,25,27). The van der Waals surface area contributed by atoms with E-state index in [2.05, 4.69) is 27.8 Å². The number of benzene rings is 2. The smallest absolute Gasteiger partial charge is 0.240 e. The molecule has 7 heteroatoms. The van der Waals surface area contributed by atoms with Crippen LogP contribution in [0.15, 0.2) is 58.7 Å². The van der Waals surface area contributed by atoms with Gasteiger partial charge in [-0.2, -0.15) is 5.10 Å². The van der Waals surface area contributed by atoms with Gasteiger partial charge in [0.2, 0.25) is 11.8 Å². The van der Waals surface area contributed by atoms with Crippen LogP contribution >= 0.6 is 11.8 Å². The Morgan fingerprint density at radius 3 is 2.57 bits per heavy atom. The first kappa shape index (κ1) is 19.8. The second-order valence-corrected chi connectivity index (χ2v) is 7.65. The Morgan fingerprint density at radius 2 is 1.89 bits per heavy atom. The molecule has 2 amide bonds. The predicted octanol–water partition coefficient (Wildman–Crippen LogP) is 3.51. The molecule has 1 saturated heterocycles. The van der Waals surface area contributed by atoms with Crippen molar-refractivity contribution < 1.29 is 9.59 Å². The molecule has 1 aliphatic rings. The SMILES string of the molecule is CCc1ccc(NC(=O)CC2S/C(=N/N=Cc3ccc(C)cc3)NC2=O)cc1. The van der Waals surface area contributed by atoms with E-state index in [1.165, 1.54) is 22.9 Å². The van der Waals surface area contributed by atoms with E-state index in [0.717, 1.165) is 17.7 Å². The minimum atomic E-state index is -0.511. The Labute approximate surface area is 168 Å². The van der Waals surface area contributed by atoms with Gasteiger partial charge in [-0.1, -0.05) is 60.6 Å². The Balaban J connectivity index is 1.53. The van der Waals surface area contributed by atoms with Crippen LogP contribution in [0.5, 0.6) is 0 Å². The van der Waals surface area contributed by atoms with Gasteiger partial charge in [0.05, 0.1) is 6.21 Å². The highest BCUT2D eigenvalue weighted by Crippen LogP contribution is 2.23. The van der Waals surface area contributed by atoms with Crippen molar-refractivity contribution in [1.82, 2.24) is 5.32 Å². The molecule has 0 aliphatic carbocycles. The summed E-state index contributed by atoms with van der Waals surface area (Å²) in [4.78, 5) is 24.3. The minimum Gasteiger partial charge on any atom is -0.326 e. The number of amidine groups is 1. The quantitative estimate of drug-likeness (QED) is 0.581. The van der Waals surface area contributed by atoms with Crippen LogP contribution < -0.4 is 10.6 Å². The number of thioether (sulfide) groups is 1. The maximum Gasteiger partial charge on any atom is 0.240 e. The Bertz CT molecular complexity index is 905. The van der Waals surface area contributed by atoms with Crippen molar-refractivity contribution in [3.8, 4) is 0 Å². The number of aryl methyl sites for hydroxylation is 2. The minimum absolute atomic E-state index is 0.0761. The van der Waals surface area contributed by atoms with E-state index >= 15 is 0 Å². The lowest BCUT2D eigenvalue weighted by molar-refractivity contribution is -0.122. The van der Waals surface area contributed by atoms with E-state index in [4.69, 9.17) is 0 Å². The van der Waals surface area contributed by atoms with Gasteiger partial charge < -0.3 is 10.6 Å². The number of carbonyl (C=O) groups excluding carboxylic acids is 2. The molecule has 0 saturated carbocycles. The fraction of sp³-hybridized carbons (Fsp3) is 0.238. The summed E-state index contributed by atoms with van der Waals surface area (Å²) >= 11 is 1.22. The molecule has 6 nitrogen and oxygen atoms in total. The maximum atomic E-state index is 12.2. The molecule has 0 radical (unpaired) electrons. The van der Waals surface area contributed by atoms with Crippen molar-refractivity contribution in [3.63, 3.8) is 0 Å². The van der Waals surface area contributed by atoms with Gasteiger partial charge in [-0.25, -0.2) is 0 Å². The summed E-state index contributed by atoms with van der Waals surface area (Å²) in [5, 5.41) is 13.4. The molecule has 0 bridgehead atoms. The number of hydrogen-bond acceptors (Lipinski definition) is 5. The first-order chi connectivity index (χ1) is 13.5. The zero-order valence-corrected chi connectivity index (χ0v) is 16.6. The highest BCUT2D eigenvalue weighted by Gasteiger charge is 2.32. The summed E-state index contributed by atoms with van der Waals surface area (Å²) < 4.78 is 0. The average Bonchev–Trinajstić information content (AvgIpc) is 3.03. The molecule has 28 heavy (non-hydrogen) atoms. The molecule has 2 aromatic rings. The van der Waals surface area contributed by atoms with Crippen molar-refractivity contribution in [2.24, 2.45) is 10.2 Å². The summed E-state index contributed by atoms with van der Waals surface area (Å²) in [6, 6.07) is 15.6. The Hall–Kier alpha value is -2.93. The molecular formula is C21H22N4O2S. The molecule has 1 aliphatic heterocycles. The Morgan fingerprint density at radius 1 is 1.18 bits per heavy atom. The highest BCUT2D eigenvalue weighted by atomic mass is 32.2. The normalized spacial score (nSPS) is 17.9. The van der Waals surface area contributed by atoms with E-state index in [1.807, 2.05) is 55.5 Å². The number of nitrogens with zero attached hydrogens (tertiary/aromatic N) is 2. The molecule has 144 valence electrons. The maximum absolute atomic E-state index is 12.2. The topological polar surface area (TPSA) is 82.9 Å². The molecule has 0 aromatic heterocycles. The summed E-state index contributed by atoms with van der Waals surface area (Å²) in [5.74, 6) is -0.438. The number of hydrogen-bond donors (Lipinski definition) is 2. The van der Waals surface area contributed by atoms with Gasteiger partial charge in [-0.3, -0.25) is 9.59 Å². The summed E-state index contributed by atoms with van der Waals surface area (Å²) in [5.41, 5.74) is 4.02. The zero-order valence-electron chi connectivity index (χ0n) is 15.8. The van der Waals surface area contributed by atoms with Gasteiger partial charge in [0.1, 0.15) is 5.25 Å². The van der Waals surface area contributed by atoms with Gasteiger partial charge in [0.15, 0.2) is 5.17 Å². The lowest BCUT2D eigenvalue weighted by Crippen LogP contribution is -2.28. The summed E-state index contributed by atoms with van der Waals surface area (Å²) in [6.45, 7) is 4.09. The third-order valence-electron chi connectivity index (χ3n) is 4.23. The van der Waals surface area contributed by atoms with E-state index in [1.54, 1.807) is 6.21 Å². The van der Waals surface area contributed by atoms with Crippen LogP contribution in [0.3, 0.4) is 0 Å². The second kappa shape index (κ2) is 9.32. The number of amides is 2. The van der Waals surface area contributed by atoms with Crippen molar-refractivity contribution in [1.29, 1.82) is 0 Å². The molecule has 1 fully saturated rings. The highest BCUT2D eigenvalue weighted by molar-refractivity contribution is 8.15. The van der Waals surface area contributed by atoms with E-state index in [0.29, 0.717) is 5.17 Å². The Kier molecular flexibility index (Phi) is 6.60. The fourth-order valence-corrected chi connectivity index (χ4v) is 3.52. The van der Waals surface area contributed by atoms with Crippen LogP contribution in [-0.4, -0.2) is 28.4 Å². The van der Waals surface area contributed by atoms with Crippen molar-refractivity contribution in [3.05, 3.63) is 65.2 Å². The largest absolute Gasteiger partial charge is 0.326 e. The van der Waals surface area contributed by atoms with Crippen molar-refractivity contribution in [2.45, 2.75) is 31.9 Å². The predicted molar refractivity (Wildman–Crippen MR) is 115 cm³/mol. The van der Waals surface area contributed by atoms with Crippen molar-refractivity contribution >= 4 is 40.6 Å². The molecule has 3 rings (SSSR count). The molecule has 1 heterocycles. The first-order valence-electron chi connectivity index (χ1n) is 9.07. The third kappa shape index (κ3) is 5.53. The molecule has 1 atom stereocenters. The van der Waals surface area contributed by atoms with E-state index in [9.17, 15) is 9.59 Å². The monoisotopic (exact) mass is 394 g/mol. The third-order valence-corrected chi connectivity index (χ3v) is 5.30. The summed E-state index contributed by atoms with van der Waals surface area (Å²) in [7, 11) is 0. The molecule has 1 unspecified atom stereocenters. The van der Waals surface area contributed by atoms with Crippen LogP contribution in [0.2, 0.25) is 0 Å². The van der Waals surface area contributed by atoms with Gasteiger partial charge in [-0.05, 0) is 36.6 Å². The van der Waals surface area contributed by atoms with Crippen LogP contribution in [0, 0.1) is 6.92 Å². The lowest BCUT2D eigenvalue weighted by atomic mass is 10.1. The number of nitrogens with one attached hydrogen (secondary N) is 2. The van der Waals surface area contributed by atoms with Crippen LogP contribution in [0.1, 0.15) is 30.0 Å². The van der Waals surface area contributed by atoms with E-state index in [-0.39, 0.29) is 18.2 Å². The van der Waals surface area contributed by atoms with Crippen LogP contribution in [0.4, 0.5) is 5.69 Å². The number of rotatable bonds is 6. The van der Waals surface area contributed by atoms with Crippen LogP contribution in [-0.2, 0) is 16.0 Å². The van der Waals surface area contributed by atoms with Crippen LogP contribution in [0.25, 0.3) is 0 Å². The second-order valence-electron chi connectivity index (χ2n) is 6.46. The average molecular weight is 395 g/mol. The number of carbonyl (C=O) groups is 2. The lowest BCUT2D eigenvalue weighted by Gasteiger charge is -2.08. The molecular weight excluding hydrogens is 372 g/mol. The summed E-state index contributed by atoms with van der Waals surface area (Å²) in [6.07, 6.45) is 2.65. The molecule has 2 N–H and O–H groups in total. The molecule has 2 aromatic carbocycles. The van der Waals surface area contributed by atoms with E-state index < -0.39 is 5.25 Å². The molecule has 0 spiro atoms.